The second-order valence-corrected chi connectivity index (χ2v) is 9.40. The fourth-order valence-electron chi connectivity index (χ4n) is 4.89. The number of benzene rings is 1. The molecule has 0 atom stereocenters. The molecule has 40 heavy (non-hydrogen) atoms. The fraction of sp³-hybridized carbons (Fsp3) is 0.538. The van der Waals surface area contributed by atoms with E-state index in [1.165, 1.54) is 38.0 Å². The summed E-state index contributed by atoms with van der Waals surface area (Å²) in [4.78, 5) is 48.0. The number of methoxy groups -OCH3 is 3. The second kappa shape index (κ2) is 12.4. The number of esters is 1. The molecular formula is C26H36N6O8. The van der Waals surface area contributed by atoms with Crippen LogP contribution >= 0.6 is 0 Å². The SMILES string of the molecule is COc1cc(C(=O)OCCCn2c(=O)c3c(nc(N4CCN(CCO)CC4)n3C)n(C)c2=O)cc(OC)c1OC. The maximum Gasteiger partial charge on any atom is 0.338 e. The molecule has 1 saturated heterocycles. The van der Waals surface area contributed by atoms with E-state index in [0.29, 0.717) is 54.0 Å². The predicted molar refractivity (Wildman–Crippen MR) is 147 cm³/mol. The zero-order valence-corrected chi connectivity index (χ0v) is 23.5. The van der Waals surface area contributed by atoms with E-state index in [0.717, 1.165) is 17.7 Å². The standard InChI is InChI=1S/C26H36N6O8/c1-28-20-22(27-25(28)31-10-8-30(9-11-31)12-13-33)29(2)26(36)32(23(20)34)7-6-14-40-24(35)17-15-18(37-3)21(39-5)19(16-17)38-4/h15-16,33H,6-14H2,1-5H3. The Morgan fingerprint density at radius 3 is 2.17 bits per heavy atom. The summed E-state index contributed by atoms with van der Waals surface area (Å²) in [6.07, 6.45) is 0.244. The normalized spacial score (nSPS) is 14.0. The number of fused-ring (bicyclic) bond motifs is 1. The van der Waals surface area contributed by atoms with Crippen LogP contribution in [0.3, 0.4) is 0 Å². The van der Waals surface area contributed by atoms with E-state index in [4.69, 9.17) is 18.9 Å². The third kappa shape index (κ3) is 5.49. The number of rotatable bonds is 11. The topological polar surface area (TPSA) is 143 Å². The van der Waals surface area contributed by atoms with E-state index in [9.17, 15) is 19.5 Å². The van der Waals surface area contributed by atoms with Gasteiger partial charge in [-0.05, 0) is 18.6 Å². The van der Waals surface area contributed by atoms with Crippen LogP contribution in [-0.4, -0.2) is 102 Å². The summed E-state index contributed by atoms with van der Waals surface area (Å²) in [5, 5.41) is 9.19. The number of aliphatic hydroxyl groups is 1. The molecule has 1 aromatic carbocycles. The van der Waals surface area contributed by atoms with Crippen LogP contribution in [0.4, 0.5) is 5.95 Å². The molecule has 0 bridgehead atoms. The van der Waals surface area contributed by atoms with Crippen molar-refractivity contribution in [2.75, 3.05) is 72.2 Å². The lowest BCUT2D eigenvalue weighted by atomic mass is 10.2. The van der Waals surface area contributed by atoms with Crippen molar-refractivity contribution in [2.24, 2.45) is 14.1 Å². The Morgan fingerprint density at radius 1 is 0.950 bits per heavy atom. The minimum atomic E-state index is -0.606. The van der Waals surface area contributed by atoms with Crippen molar-refractivity contribution in [3.8, 4) is 17.2 Å². The molecule has 4 rings (SSSR count). The molecule has 0 aliphatic carbocycles. The van der Waals surface area contributed by atoms with Crippen LogP contribution in [0, 0.1) is 0 Å². The summed E-state index contributed by atoms with van der Waals surface area (Å²) >= 11 is 0. The first-order valence-corrected chi connectivity index (χ1v) is 13.0. The number of imidazole rings is 1. The lowest BCUT2D eigenvalue weighted by Crippen LogP contribution is -2.48. The summed E-state index contributed by atoms with van der Waals surface area (Å²) in [6, 6.07) is 2.98. The number of anilines is 1. The van der Waals surface area contributed by atoms with E-state index in [1.54, 1.807) is 18.7 Å². The van der Waals surface area contributed by atoms with Gasteiger partial charge in [-0.2, -0.15) is 4.98 Å². The van der Waals surface area contributed by atoms with E-state index < -0.39 is 17.2 Å². The first-order valence-electron chi connectivity index (χ1n) is 13.0. The summed E-state index contributed by atoms with van der Waals surface area (Å²) in [6.45, 7) is 3.68. The smallest absolute Gasteiger partial charge is 0.338 e. The largest absolute Gasteiger partial charge is 0.493 e. The van der Waals surface area contributed by atoms with Crippen LogP contribution < -0.4 is 30.4 Å². The Labute approximate surface area is 230 Å². The quantitative estimate of drug-likeness (QED) is 0.247. The Hall–Kier alpha value is -4.04. The molecule has 3 heterocycles. The van der Waals surface area contributed by atoms with Crippen LogP contribution in [0.5, 0.6) is 17.2 Å². The maximum absolute atomic E-state index is 13.4. The summed E-state index contributed by atoms with van der Waals surface area (Å²) in [5.41, 5.74) is -0.0941. The van der Waals surface area contributed by atoms with Gasteiger partial charge in [-0.3, -0.25) is 18.8 Å². The molecule has 0 radical (unpaired) electrons. The number of hydrogen-bond acceptors (Lipinski definition) is 11. The minimum absolute atomic E-state index is 0.0160. The van der Waals surface area contributed by atoms with Gasteiger partial charge in [-0.1, -0.05) is 0 Å². The predicted octanol–water partition coefficient (Wildman–Crippen LogP) is -0.179. The fourth-order valence-corrected chi connectivity index (χ4v) is 4.89. The lowest BCUT2D eigenvalue weighted by molar-refractivity contribution is 0.0494. The van der Waals surface area contributed by atoms with Gasteiger partial charge in [0.2, 0.25) is 11.7 Å². The first kappa shape index (κ1) is 29.0. The van der Waals surface area contributed by atoms with Gasteiger partial charge < -0.3 is 33.5 Å². The highest BCUT2D eigenvalue weighted by molar-refractivity contribution is 5.91. The summed E-state index contributed by atoms with van der Waals surface area (Å²) < 4.78 is 25.5. The van der Waals surface area contributed by atoms with Gasteiger partial charge in [0.1, 0.15) is 0 Å². The molecule has 2 aromatic heterocycles. The third-order valence-electron chi connectivity index (χ3n) is 7.07. The molecule has 0 unspecified atom stereocenters. The van der Waals surface area contributed by atoms with Crippen molar-refractivity contribution >= 4 is 23.1 Å². The highest BCUT2D eigenvalue weighted by Crippen LogP contribution is 2.38. The second-order valence-electron chi connectivity index (χ2n) is 9.40. The number of aromatic nitrogens is 4. The number of piperazine rings is 1. The van der Waals surface area contributed by atoms with Gasteiger partial charge >= 0.3 is 11.7 Å². The molecule has 0 saturated carbocycles. The van der Waals surface area contributed by atoms with Gasteiger partial charge in [0.05, 0.1) is 40.1 Å². The van der Waals surface area contributed by atoms with Gasteiger partial charge in [0.15, 0.2) is 22.7 Å². The molecular weight excluding hydrogens is 524 g/mol. The molecule has 1 aliphatic rings. The van der Waals surface area contributed by atoms with Crippen molar-refractivity contribution in [3.05, 3.63) is 38.5 Å². The molecule has 1 fully saturated rings. The van der Waals surface area contributed by atoms with Gasteiger partial charge in [-0.25, -0.2) is 9.59 Å². The number of hydrogen-bond donors (Lipinski definition) is 1. The van der Waals surface area contributed by atoms with E-state index in [2.05, 4.69) is 14.8 Å². The molecule has 218 valence electrons. The number of carbonyl (C=O) groups is 1. The van der Waals surface area contributed by atoms with Gasteiger partial charge in [0, 0.05) is 53.4 Å². The number of aliphatic hydroxyl groups excluding tert-OH is 1. The minimum Gasteiger partial charge on any atom is -0.493 e. The van der Waals surface area contributed by atoms with Crippen LogP contribution in [0.15, 0.2) is 21.7 Å². The lowest BCUT2D eigenvalue weighted by Gasteiger charge is -2.34. The van der Waals surface area contributed by atoms with Crippen LogP contribution in [0.2, 0.25) is 0 Å². The molecule has 3 aromatic rings. The zero-order chi connectivity index (χ0) is 29.0. The van der Waals surface area contributed by atoms with E-state index >= 15 is 0 Å². The Kier molecular flexibility index (Phi) is 9.00. The van der Waals surface area contributed by atoms with Crippen molar-refractivity contribution in [1.82, 2.24) is 23.6 Å². The van der Waals surface area contributed by atoms with Gasteiger partial charge in [0.25, 0.3) is 5.56 Å². The van der Waals surface area contributed by atoms with Crippen LogP contribution in [-0.2, 0) is 25.4 Å². The highest BCUT2D eigenvalue weighted by atomic mass is 16.5. The van der Waals surface area contributed by atoms with Crippen LogP contribution in [0.25, 0.3) is 11.2 Å². The average molecular weight is 561 g/mol. The summed E-state index contributed by atoms with van der Waals surface area (Å²) in [5.74, 6) is 1.00. The Bertz CT molecular complexity index is 1460. The highest BCUT2D eigenvalue weighted by Gasteiger charge is 2.25. The number of aryl methyl sites for hydroxylation is 2. The molecule has 1 aliphatic heterocycles. The van der Waals surface area contributed by atoms with E-state index in [1.807, 2.05) is 0 Å². The number of nitrogens with zero attached hydrogens (tertiary/aromatic N) is 6. The van der Waals surface area contributed by atoms with Crippen molar-refractivity contribution < 1.29 is 28.8 Å². The van der Waals surface area contributed by atoms with Gasteiger partial charge in [-0.15, -0.1) is 0 Å². The van der Waals surface area contributed by atoms with Crippen molar-refractivity contribution in [2.45, 2.75) is 13.0 Å². The summed E-state index contributed by atoms with van der Waals surface area (Å²) in [7, 11) is 7.72. The molecule has 1 N–H and O–H groups in total. The number of ether oxygens (including phenoxy) is 4. The molecule has 14 nitrogen and oxygen atoms in total. The monoisotopic (exact) mass is 560 g/mol. The third-order valence-corrected chi connectivity index (χ3v) is 7.07. The number of carbonyl (C=O) groups excluding carboxylic acids is 1. The Morgan fingerprint density at radius 2 is 1.60 bits per heavy atom. The van der Waals surface area contributed by atoms with Crippen LogP contribution in [0.1, 0.15) is 16.8 Å². The maximum atomic E-state index is 13.4. The molecule has 14 heteroatoms. The zero-order valence-electron chi connectivity index (χ0n) is 23.5. The first-order chi connectivity index (χ1) is 19.2. The Balaban J connectivity index is 1.48. The van der Waals surface area contributed by atoms with E-state index in [-0.39, 0.29) is 31.7 Å². The average Bonchev–Trinajstić information content (AvgIpc) is 3.32. The van der Waals surface area contributed by atoms with Crippen molar-refractivity contribution in [3.63, 3.8) is 0 Å². The molecule has 0 spiro atoms. The molecule has 0 amide bonds. The number of β-amino-alcohol motifs (C(OH)–C–C–N with tert-alkyl or cyclic N) is 1. The van der Waals surface area contributed by atoms with Crippen molar-refractivity contribution in [1.29, 1.82) is 0 Å².